The van der Waals surface area contributed by atoms with Gasteiger partial charge in [-0.3, -0.25) is 0 Å². The van der Waals surface area contributed by atoms with Crippen LogP contribution in [0.5, 0.6) is 5.75 Å². The molecule has 11 heavy (non-hydrogen) atoms. The molecule has 56 valence electrons. The van der Waals surface area contributed by atoms with Gasteiger partial charge in [-0.25, -0.2) is 0 Å². The van der Waals surface area contributed by atoms with Crippen molar-refractivity contribution in [2.75, 3.05) is 5.52 Å². The topological polar surface area (TPSA) is 33.0 Å². The molecular formula is C8H6BrNO. The van der Waals surface area contributed by atoms with E-state index in [0.717, 1.165) is 0 Å². The summed E-state index contributed by atoms with van der Waals surface area (Å²) in [5, 5.41) is 8.60. The van der Waals surface area contributed by atoms with Crippen LogP contribution in [0.4, 0.5) is 0 Å². The summed E-state index contributed by atoms with van der Waals surface area (Å²) >= 11 is 3.12. The standard InChI is InChI=1S/C8H6BrNO/c9-6-11-8-4-2-1-3-7(8)5-10/h1-4H,6H2. The van der Waals surface area contributed by atoms with Crippen molar-refractivity contribution in [1.82, 2.24) is 0 Å². The first-order valence-corrected chi connectivity index (χ1v) is 4.18. The van der Waals surface area contributed by atoms with Gasteiger partial charge in [0.1, 0.15) is 17.3 Å². The molecule has 0 saturated heterocycles. The summed E-state index contributed by atoms with van der Waals surface area (Å²) in [5.41, 5.74) is 0.970. The molecule has 0 aromatic heterocycles. The maximum absolute atomic E-state index is 8.60. The number of ether oxygens (including phenoxy) is 1. The average molecular weight is 212 g/mol. The molecule has 3 heteroatoms. The summed E-state index contributed by atoms with van der Waals surface area (Å²) in [7, 11) is 0. The molecule has 0 N–H and O–H groups in total. The van der Waals surface area contributed by atoms with Gasteiger partial charge in [-0.05, 0) is 28.1 Å². The van der Waals surface area contributed by atoms with Gasteiger partial charge in [-0.1, -0.05) is 12.1 Å². The Kier molecular flexibility index (Phi) is 2.94. The Morgan fingerprint density at radius 2 is 2.18 bits per heavy atom. The first-order chi connectivity index (χ1) is 5.38. The van der Waals surface area contributed by atoms with Gasteiger partial charge in [0.15, 0.2) is 0 Å². The van der Waals surface area contributed by atoms with Crippen molar-refractivity contribution < 1.29 is 4.74 Å². The molecule has 0 fully saturated rings. The molecule has 1 aromatic carbocycles. The average Bonchev–Trinajstić information content (AvgIpc) is 2.06. The highest BCUT2D eigenvalue weighted by Crippen LogP contribution is 2.16. The number of nitriles is 1. The second-order valence-corrected chi connectivity index (χ2v) is 2.32. The van der Waals surface area contributed by atoms with Crippen LogP contribution in [-0.2, 0) is 0 Å². The number of hydrogen-bond acceptors (Lipinski definition) is 2. The van der Waals surface area contributed by atoms with Crippen LogP contribution in [-0.4, -0.2) is 5.52 Å². The smallest absolute Gasteiger partial charge is 0.143 e. The highest BCUT2D eigenvalue weighted by Gasteiger charge is 1.98. The number of nitrogens with zero attached hydrogens (tertiary/aromatic N) is 1. The monoisotopic (exact) mass is 211 g/mol. The van der Waals surface area contributed by atoms with E-state index in [1.54, 1.807) is 18.2 Å². The molecule has 0 radical (unpaired) electrons. The van der Waals surface area contributed by atoms with Crippen LogP contribution in [0.15, 0.2) is 24.3 Å². The van der Waals surface area contributed by atoms with Crippen molar-refractivity contribution in [1.29, 1.82) is 5.26 Å². The normalized spacial score (nSPS) is 8.73. The fourth-order valence-corrected chi connectivity index (χ4v) is 0.990. The van der Waals surface area contributed by atoms with E-state index < -0.39 is 0 Å². The SMILES string of the molecule is N#Cc1ccccc1OCBr. The Morgan fingerprint density at radius 1 is 1.45 bits per heavy atom. The first kappa shape index (κ1) is 8.09. The van der Waals surface area contributed by atoms with E-state index in [9.17, 15) is 0 Å². The molecule has 0 heterocycles. The van der Waals surface area contributed by atoms with Crippen LogP contribution in [0.1, 0.15) is 5.56 Å². The Balaban J connectivity index is 2.95. The van der Waals surface area contributed by atoms with Crippen molar-refractivity contribution in [2.45, 2.75) is 0 Å². The zero-order valence-corrected chi connectivity index (χ0v) is 7.34. The van der Waals surface area contributed by atoms with Crippen molar-refractivity contribution in [3.63, 3.8) is 0 Å². The lowest BCUT2D eigenvalue weighted by molar-refractivity contribution is 0.397. The molecular weight excluding hydrogens is 206 g/mol. The lowest BCUT2D eigenvalue weighted by Gasteiger charge is -2.01. The number of benzene rings is 1. The zero-order chi connectivity index (χ0) is 8.10. The van der Waals surface area contributed by atoms with E-state index in [-0.39, 0.29) is 0 Å². The van der Waals surface area contributed by atoms with E-state index in [4.69, 9.17) is 10.00 Å². The molecule has 2 nitrogen and oxygen atoms in total. The summed E-state index contributed by atoms with van der Waals surface area (Å²) in [6.07, 6.45) is 0. The minimum atomic E-state index is 0.408. The van der Waals surface area contributed by atoms with Crippen LogP contribution in [0, 0.1) is 11.3 Å². The fraction of sp³-hybridized carbons (Fsp3) is 0.125. The first-order valence-electron chi connectivity index (χ1n) is 3.06. The molecule has 0 aliphatic carbocycles. The molecule has 1 rings (SSSR count). The maximum atomic E-state index is 8.60. The maximum Gasteiger partial charge on any atom is 0.143 e. The molecule has 0 atom stereocenters. The Bertz CT molecular complexity index is 280. The number of para-hydroxylation sites is 1. The number of alkyl halides is 1. The molecule has 0 unspecified atom stereocenters. The Labute approximate surface area is 73.5 Å². The third-order valence-corrected chi connectivity index (χ3v) is 1.45. The highest BCUT2D eigenvalue weighted by atomic mass is 79.9. The van der Waals surface area contributed by atoms with Crippen molar-refractivity contribution in [2.24, 2.45) is 0 Å². The van der Waals surface area contributed by atoms with Gasteiger partial charge in [0.25, 0.3) is 0 Å². The molecule has 0 aliphatic rings. The lowest BCUT2D eigenvalue weighted by atomic mass is 10.2. The summed E-state index contributed by atoms with van der Waals surface area (Å²) in [4.78, 5) is 0. The minimum absolute atomic E-state index is 0.408. The minimum Gasteiger partial charge on any atom is -0.481 e. The molecule has 0 bridgehead atoms. The van der Waals surface area contributed by atoms with Crippen molar-refractivity contribution in [3.05, 3.63) is 29.8 Å². The highest BCUT2D eigenvalue weighted by molar-refractivity contribution is 9.09. The third-order valence-electron chi connectivity index (χ3n) is 1.22. The van der Waals surface area contributed by atoms with Crippen LogP contribution < -0.4 is 4.74 Å². The number of hydrogen-bond donors (Lipinski definition) is 0. The number of rotatable bonds is 2. The van der Waals surface area contributed by atoms with Gasteiger partial charge in [0.2, 0.25) is 0 Å². The summed E-state index contributed by atoms with van der Waals surface area (Å²) in [5.74, 6) is 0.617. The zero-order valence-electron chi connectivity index (χ0n) is 5.75. The summed E-state index contributed by atoms with van der Waals surface area (Å²) in [6, 6.07) is 9.16. The van der Waals surface area contributed by atoms with E-state index in [1.807, 2.05) is 12.1 Å². The van der Waals surface area contributed by atoms with Gasteiger partial charge in [0, 0.05) is 0 Å². The molecule has 0 spiro atoms. The second-order valence-electron chi connectivity index (χ2n) is 1.86. The van der Waals surface area contributed by atoms with Crippen molar-refractivity contribution >= 4 is 15.9 Å². The molecule has 1 aromatic rings. The summed E-state index contributed by atoms with van der Waals surface area (Å²) < 4.78 is 5.12. The van der Waals surface area contributed by atoms with E-state index in [1.165, 1.54) is 0 Å². The van der Waals surface area contributed by atoms with Crippen LogP contribution in [0.25, 0.3) is 0 Å². The van der Waals surface area contributed by atoms with E-state index in [2.05, 4.69) is 15.9 Å². The quantitative estimate of drug-likeness (QED) is 0.704. The second kappa shape index (κ2) is 3.99. The fourth-order valence-electron chi connectivity index (χ4n) is 0.744. The predicted octanol–water partition coefficient (Wildman–Crippen LogP) is 2.29. The molecule has 0 aliphatic heterocycles. The van der Waals surface area contributed by atoms with E-state index >= 15 is 0 Å². The van der Waals surface area contributed by atoms with Gasteiger partial charge in [-0.15, -0.1) is 0 Å². The van der Waals surface area contributed by atoms with E-state index in [0.29, 0.717) is 16.8 Å². The van der Waals surface area contributed by atoms with Crippen molar-refractivity contribution in [3.8, 4) is 11.8 Å². The number of halogens is 1. The van der Waals surface area contributed by atoms with Gasteiger partial charge in [0.05, 0.1) is 5.56 Å². The largest absolute Gasteiger partial charge is 0.481 e. The van der Waals surface area contributed by atoms with Crippen LogP contribution >= 0.6 is 15.9 Å². The third kappa shape index (κ3) is 1.95. The van der Waals surface area contributed by atoms with Crippen LogP contribution in [0.3, 0.4) is 0 Å². The molecule has 0 amide bonds. The summed E-state index contributed by atoms with van der Waals surface area (Å²) in [6.45, 7) is 0. The van der Waals surface area contributed by atoms with Gasteiger partial charge < -0.3 is 4.74 Å². The van der Waals surface area contributed by atoms with Gasteiger partial charge >= 0.3 is 0 Å². The predicted molar refractivity (Wildman–Crippen MR) is 45.6 cm³/mol. The lowest BCUT2D eigenvalue weighted by Crippen LogP contribution is -1.90. The molecule has 0 saturated carbocycles. The Morgan fingerprint density at radius 3 is 2.82 bits per heavy atom. The van der Waals surface area contributed by atoms with Gasteiger partial charge in [-0.2, -0.15) is 5.26 Å². The Hall–Kier alpha value is -1.01. The van der Waals surface area contributed by atoms with Crippen LogP contribution in [0.2, 0.25) is 0 Å².